The standard InChI is InChI=1S/C22H21NP.C8H12.Rh/c23-20-15-7-9-17-10-8-16-21(22(17)20)24(18-11-3-1-4-12-18)19-13-5-2-6-14-19;1-2-4-6-8-7-5-3-1;/h1-6,8,10-14,16,20,23H,7,9,15H2;1-2,7-8H,3-6H2;/q-1;;+1/b;2-1-,8-7-;/t20-;;/m1../s1. The Morgan fingerprint density at radius 2 is 1.21 bits per heavy atom. The van der Waals surface area contributed by atoms with Gasteiger partial charge >= 0.3 is 162 Å². The van der Waals surface area contributed by atoms with Gasteiger partial charge in [0.05, 0.1) is 0 Å². The van der Waals surface area contributed by atoms with E-state index in [1.807, 2.05) is 0 Å². The SMILES string of the molecule is C1=C\CC/C=C\CC/1.[Rh][NH][C@@H]1CCCc2cccc(P(c3ccccc3)c3ccccc3)c21. The van der Waals surface area contributed by atoms with Crippen molar-refractivity contribution in [1.82, 2.24) is 4.06 Å². The topological polar surface area (TPSA) is 12.0 Å². The molecule has 2 aliphatic rings. The second-order valence-electron chi connectivity index (χ2n) is 8.49. The summed E-state index contributed by atoms with van der Waals surface area (Å²) >= 11 is 2.94. The first-order chi connectivity index (χ1) is 16.4. The first-order valence-electron chi connectivity index (χ1n) is 12.0. The van der Waals surface area contributed by atoms with Crippen LogP contribution in [-0.4, -0.2) is 0 Å². The Morgan fingerprint density at radius 1 is 0.667 bits per heavy atom. The summed E-state index contributed by atoms with van der Waals surface area (Å²) < 4.78 is 3.46. The van der Waals surface area contributed by atoms with E-state index in [0.29, 0.717) is 6.04 Å². The van der Waals surface area contributed by atoms with Gasteiger partial charge in [-0.3, -0.25) is 0 Å². The van der Waals surface area contributed by atoms with Crippen molar-refractivity contribution in [3.63, 3.8) is 0 Å². The molecule has 5 rings (SSSR count). The maximum absolute atomic E-state index is 3.46. The summed E-state index contributed by atoms with van der Waals surface area (Å²) in [5.74, 6) is 0. The molecule has 3 aromatic rings. The van der Waals surface area contributed by atoms with E-state index in [1.54, 1.807) is 0 Å². The monoisotopic (exact) mass is 541 g/mol. The van der Waals surface area contributed by atoms with Gasteiger partial charge < -0.3 is 0 Å². The number of aryl methyl sites for hydroxylation is 1. The summed E-state index contributed by atoms with van der Waals surface area (Å²) in [6.07, 6.45) is 17.6. The molecule has 0 spiro atoms. The number of allylic oxidation sites excluding steroid dienone is 4. The molecule has 0 fully saturated rings. The fourth-order valence-electron chi connectivity index (χ4n) is 4.59. The van der Waals surface area contributed by atoms with Crippen LogP contribution >= 0.6 is 7.92 Å². The first-order valence-corrected chi connectivity index (χ1v) is 14.2. The van der Waals surface area contributed by atoms with Gasteiger partial charge in [0.2, 0.25) is 0 Å². The quantitative estimate of drug-likeness (QED) is 0.225. The number of fused-ring (bicyclic) bond motifs is 1. The van der Waals surface area contributed by atoms with Crippen LogP contribution in [0.15, 0.2) is 103 Å². The van der Waals surface area contributed by atoms with Crippen molar-refractivity contribution in [2.45, 2.75) is 51.0 Å². The fourth-order valence-corrected chi connectivity index (χ4v) is 7.63. The van der Waals surface area contributed by atoms with Crippen molar-refractivity contribution in [3.05, 3.63) is 114 Å². The van der Waals surface area contributed by atoms with Crippen molar-refractivity contribution < 1.29 is 18.5 Å². The van der Waals surface area contributed by atoms with Crippen molar-refractivity contribution in [3.8, 4) is 0 Å². The molecule has 1 atom stereocenters. The second kappa shape index (κ2) is 13.1. The van der Waals surface area contributed by atoms with Crippen LogP contribution in [0.25, 0.3) is 0 Å². The zero-order chi connectivity index (χ0) is 22.7. The average Bonchev–Trinajstić information content (AvgIpc) is 2.85. The molecule has 0 aliphatic heterocycles. The fraction of sp³-hybridized carbons (Fsp3) is 0.267. The molecule has 0 radical (unpaired) electrons. The summed E-state index contributed by atoms with van der Waals surface area (Å²) in [4.78, 5) is 0. The third-order valence-corrected chi connectivity index (χ3v) is 9.25. The van der Waals surface area contributed by atoms with E-state index in [1.165, 1.54) is 72.0 Å². The third-order valence-electron chi connectivity index (χ3n) is 6.18. The van der Waals surface area contributed by atoms with E-state index in [4.69, 9.17) is 0 Å². The third kappa shape index (κ3) is 6.61. The van der Waals surface area contributed by atoms with Gasteiger partial charge in [0.25, 0.3) is 0 Å². The normalized spacial score (nSPS) is 19.4. The van der Waals surface area contributed by atoms with Gasteiger partial charge in [-0.15, -0.1) is 0 Å². The van der Waals surface area contributed by atoms with E-state index < -0.39 is 7.92 Å². The zero-order valence-corrected chi connectivity index (χ0v) is 21.7. The van der Waals surface area contributed by atoms with Crippen molar-refractivity contribution in [2.24, 2.45) is 0 Å². The molecule has 3 heteroatoms. The van der Waals surface area contributed by atoms with Crippen molar-refractivity contribution >= 4 is 23.8 Å². The summed E-state index contributed by atoms with van der Waals surface area (Å²) in [5.41, 5.74) is 3.04. The number of rotatable bonds is 4. The van der Waals surface area contributed by atoms with Crippen LogP contribution < -0.4 is 20.0 Å². The van der Waals surface area contributed by atoms with Crippen LogP contribution in [-0.2, 0) is 25.0 Å². The molecular formula is C30H33NPRh. The van der Waals surface area contributed by atoms with E-state index in [2.05, 4.69) is 126 Å². The maximum atomic E-state index is 3.46. The minimum absolute atomic E-state index is 0.421. The Balaban J connectivity index is 0.000000275. The van der Waals surface area contributed by atoms with Gasteiger partial charge in [0.1, 0.15) is 0 Å². The number of hydrogen-bond acceptors (Lipinski definition) is 1. The van der Waals surface area contributed by atoms with E-state index in [9.17, 15) is 0 Å². The Kier molecular flexibility index (Phi) is 9.67. The molecule has 0 unspecified atom stereocenters. The van der Waals surface area contributed by atoms with Crippen LogP contribution in [0.1, 0.15) is 55.7 Å². The minimum atomic E-state index is -0.545. The Morgan fingerprint density at radius 3 is 1.73 bits per heavy atom. The van der Waals surface area contributed by atoms with E-state index in [0.717, 1.165) is 0 Å². The molecular weight excluding hydrogens is 508 g/mol. The molecule has 1 N–H and O–H groups in total. The molecule has 1 nitrogen and oxygen atoms in total. The second-order valence-corrected chi connectivity index (χ2v) is 11.2. The summed E-state index contributed by atoms with van der Waals surface area (Å²) in [6.45, 7) is 0. The van der Waals surface area contributed by atoms with Gasteiger partial charge in [-0.05, 0) is 25.7 Å². The van der Waals surface area contributed by atoms with Crippen LogP contribution in [0.3, 0.4) is 0 Å². The molecule has 172 valence electrons. The van der Waals surface area contributed by atoms with Crippen LogP contribution in [0, 0.1) is 0 Å². The molecule has 0 saturated heterocycles. The molecule has 3 aromatic carbocycles. The van der Waals surface area contributed by atoms with Crippen LogP contribution in [0.5, 0.6) is 0 Å². The predicted octanol–water partition coefficient (Wildman–Crippen LogP) is 6.55. The van der Waals surface area contributed by atoms with Gasteiger partial charge in [-0.2, -0.15) is 0 Å². The van der Waals surface area contributed by atoms with Gasteiger partial charge in [0, 0.05) is 0 Å². The van der Waals surface area contributed by atoms with Gasteiger partial charge in [-0.1, -0.05) is 24.3 Å². The Hall–Kier alpha value is -1.85. The molecule has 0 amide bonds. The van der Waals surface area contributed by atoms with Crippen LogP contribution in [0.2, 0.25) is 0 Å². The zero-order valence-electron chi connectivity index (χ0n) is 19.1. The molecule has 0 aromatic heterocycles. The molecule has 0 saturated carbocycles. The van der Waals surface area contributed by atoms with Crippen molar-refractivity contribution in [2.75, 3.05) is 0 Å². The molecule has 0 bridgehead atoms. The summed E-state index contributed by atoms with van der Waals surface area (Å²) in [6, 6.07) is 29.3. The van der Waals surface area contributed by atoms with Gasteiger partial charge in [-0.25, -0.2) is 0 Å². The molecule has 0 heterocycles. The summed E-state index contributed by atoms with van der Waals surface area (Å²) in [7, 11) is -0.545. The number of hydrogen-bond donors (Lipinski definition) is 1. The first kappa shape index (κ1) is 24.3. The summed E-state index contributed by atoms with van der Waals surface area (Å²) in [5, 5.41) is 4.34. The van der Waals surface area contributed by atoms with E-state index in [-0.39, 0.29) is 0 Å². The number of nitrogens with one attached hydrogen (secondary N) is 1. The number of benzene rings is 3. The van der Waals surface area contributed by atoms with Crippen LogP contribution in [0.4, 0.5) is 0 Å². The Labute approximate surface area is 211 Å². The van der Waals surface area contributed by atoms with E-state index >= 15 is 0 Å². The molecule has 33 heavy (non-hydrogen) atoms. The average molecular weight is 541 g/mol. The Bertz CT molecular complexity index is 980. The van der Waals surface area contributed by atoms with Crippen molar-refractivity contribution in [1.29, 1.82) is 0 Å². The van der Waals surface area contributed by atoms with Gasteiger partial charge in [0.15, 0.2) is 0 Å². The molecule has 2 aliphatic carbocycles. The predicted molar refractivity (Wildman–Crippen MR) is 141 cm³/mol.